The topological polar surface area (TPSA) is 46.2 Å². The second-order valence-electron chi connectivity index (χ2n) is 6.74. The maximum atomic E-state index is 13.1. The number of aryl methyl sites for hydroxylation is 1. The lowest BCUT2D eigenvalue weighted by Gasteiger charge is -2.21. The van der Waals surface area contributed by atoms with Crippen LogP contribution in [0.2, 0.25) is 0 Å². The Morgan fingerprint density at radius 2 is 1.27 bits per heavy atom. The van der Waals surface area contributed by atoms with Crippen molar-refractivity contribution in [2.24, 2.45) is 0 Å². The Labute approximate surface area is 152 Å². The molecule has 1 aliphatic carbocycles. The van der Waals surface area contributed by atoms with Crippen molar-refractivity contribution in [2.75, 3.05) is 5.32 Å². The van der Waals surface area contributed by atoms with Crippen LogP contribution >= 0.6 is 0 Å². The summed E-state index contributed by atoms with van der Waals surface area (Å²) >= 11 is 0. The first kappa shape index (κ1) is 16.3. The second kappa shape index (κ2) is 5.95. The first-order chi connectivity index (χ1) is 12.5. The molecule has 0 aromatic heterocycles. The lowest BCUT2D eigenvalue weighted by molar-refractivity contribution is 0.0979. The standard InChI is InChI=1S/C23H19NO2/c1-13-11-12-19(15(3)14(13)2)24-20-10-6-9-18-21(20)23(26)17-8-5-4-7-16(17)22(18)25/h4-12,24H,1-3H3. The molecule has 0 spiro atoms. The highest BCUT2D eigenvalue weighted by Crippen LogP contribution is 2.34. The Kier molecular flexibility index (Phi) is 3.73. The summed E-state index contributed by atoms with van der Waals surface area (Å²) in [4.78, 5) is 25.9. The summed E-state index contributed by atoms with van der Waals surface area (Å²) in [6, 6.07) is 16.5. The summed E-state index contributed by atoms with van der Waals surface area (Å²) in [6.45, 7) is 6.22. The van der Waals surface area contributed by atoms with Crippen LogP contribution in [-0.2, 0) is 0 Å². The predicted molar refractivity (Wildman–Crippen MR) is 104 cm³/mol. The minimum Gasteiger partial charge on any atom is -0.355 e. The average Bonchev–Trinajstić information content (AvgIpc) is 2.66. The van der Waals surface area contributed by atoms with Crippen LogP contribution in [0.3, 0.4) is 0 Å². The molecule has 0 aliphatic heterocycles. The van der Waals surface area contributed by atoms with Crippen molar-refractivity contribution < 1.29 is 9.59 Å². The van der Waals surface area contributed by atoms with E-state index in [0.717, 1.165) is 11.3 Å². The Balaban J connectivity index is 1.85. The fraction of sp³-hybridized carbons (Fsp3) is 0.130. The quantitative estimate of drug-likeness (QED) is 0.550. The van der Waals surface area contributed by atoms with Gasteiger partial charge in [0.15, 0.2) is 11.6 Å². The average molecular weight is 341 g/mol. The van der Waals surface area contributed by atoms with Gasteiger partial charge in [-0.1, -0.05) is 42.5 Å². The Bertz CT molecular complexity index is 1080. The van der Waals surface area contributed by atoms with Gasteiger partial charge in [0.2, 0.25) is 0 Å². The van der Waals surface area contributed by atoms with Crippen LogP contribution in [0.15, 0.2) is 54.6 Å². The highest BCUT2D eigenvalue weighted by Gasteiger charge is 2.31. The van der Waals surface area contributed by atoms with Gasteiger partial charge >= 0.3 is 0 Å². The molecular formula is C23H19NO2. The fourth-order valence-corrected chi connectivity index (χ4v) is 3.49. The van der Waals surface area contributed by atoms with Crippen molar-refractivity contribution in [3.63, 3.8) is 0 Å². The maximum Gasteiger partial charge on any atom is 0.196 e. The minimum atomic E-state index is -0.111. The molecule has 3 heteroatoms. The van der Waals surface area contributed by atoms with Gasteiger partial charge in [-0.25, -0.2) is 0 Å². The molecule has 26 heavy (non-hydrogen) atoms. The zero-order valence-electron chi connectivity index (χ0n) is 15.0. The number of anilines is 2. The molecule has 1 aliphatic rings. The lowest BCUT2D eigenvalue weighted by Crippen LogP contribution is -2.22. The molecule has 0 bridgehead atoms. The molecule has 0 atom stereocenters. The van der Waals surface area contributed by atoms with E-state index in [1.54, 1.807) is 30.3 Å². The number of hydrogen-bond acceptors (Lipinski definition) is 3. The second-order valence-corrected chi connectivity index (χ2v) is 6.74. The van der Waals surface area contributed by atoms with Gasteiger partial charge in [0.1, 0.15) is 0 Å². The van der Waals surface area contributed by atoms with E-state index < -0.39 is 0 Å². The van der Waals surface area contributed by atoms with Gasteiger partial charge in [-0.3, -0.25) is 9.59 Å². The van der Waals surface area contributed by atoms with Gasteiger partial charge in [-0.2, -0.15) is 0 Å². The van der Waals surface area contributed by atoms with Gasteiger partial charge in [0.25, 0.3) is 0 Å². The van der Waals surface area contributed by atoms with Crippen LogP contribution in [0.1, 0.15) is 48.5 Å². The first-order valence-corrected chi connectivity index (χ1v) is 8.64. The summed E-state index contributed by atoms with van der Waals surface area (Å²) in [5, 5.41) is 3.38. The highest BCUT2D eigenvalue weighted by molar-refractivity contribution is 6.30. The van der Waals surface area contributed by atoms with Crippen LogP contribution in [0.25, 0.3) is 0 Å². The van der Waals surface area contributed by atoms with E-state index in [1.165, 1.54) is 11.1 Å². The zero-order valence-corrected chi connectivity index (χ0v) is 15.0. The molecule has 0 radical (unpaired) electrons. The molecule has 0 heterocycles. The van der Waals surface area contributed by atoms with Crippen molar-refractivity contribution in [2.45, 2.75) is 20.8 Å². The Hall–Kier alpha value is -3.20. The molecule has 4 rings (SSSR count). The van der Waals surface area contributed by atoms with Crippen LogP contribution in [0.5, 0.6) is 0 Å². The van der Waals surface area contributed by atoms with E-state index >= 15 is 0 Å². The van der Waals surface area contributed by atoms with E-state index in [0.29, 0.717) is 27.9 Å². The molecular weight excluding hydrogens is 322 g/mol. The van der Waals surface area contributed by atoms with Crippen LogP contribution in [0, 0.1) is 20.8 Å². The van der Waals surface area contributed by atoms with Crippen molar-refractivity contribution in [3.05, 3.63) is 93.5 Å². The highest BCUT2D eigenvalue weighted by atomic mass is 16.1. The predicted octanol–water partition coefficient (Wildman–Crippen LogP) is 5.13. The number of carbonyl (C=O) groups excluding carboxylic acids is 2. The summed E-state index contributed by atoms with van der Waals surface area (Å²) in [5.74, 6) is -0.213. The van der Waals surface area contributed by atoms with Crippen molar-refractivity contribution in [1.29, 1.82) is 0 Å². The van der Waals surface area contributed by atoms with E-state index in [-0.39, 0.29) is 11.6 Å². The molecule has 3 aromatic carbocycles. The van der Waals surface area contributed by atoms with Crippen molar-refractivity contribution in [1.82, 2.24) is 0 Å². The monoisotopic (exact) mass is 341 g/mol. The van der Waals surface area contributed by atoms with E-state index in [2.05, 4.69) is 32.2 Å². The van der Waals surface area contributed by atoms with Gasteiger partial charge in [-0.15, -0.1) is 0 Å². The van der Waals surface area contributed by atoms with Crippen LogP contribution < -0.4 is 5.32 Å². The van der Waals surface area contributed by atoms with Crippen LogP contribution in [0.4, 0.5) is 11.4 Å². The van der Waals surface area contributed by atoms with E-state index in [4.69, 9.17) is 0 Å². The number of benzene rings is 3. The number of carbonyl (C=O) groups is 2. The normalized spacial score (nSPS) is 12.6. The number of rotatable bonds is 2. The number of fused-ring (bicyclic) bond motifs is 2. The van der Waals surface area contributed by atoms with Crippen molar-refractivity contribution in [3.8, 4) is 0 Å². The lowest BCUT2D eigenvalue weighted by atomic mass is 9.83. The summed E-state index contributed by atoms with van der Waals surface area (Å²) in [6.07, 6.45) is 0. The number of ketones is 2. The molecule has 0 amide bonds. The molecule has 3 aromatic rings. The fourth-order valence-electron chi connectivity index (χ4n) is 3.49. The molecule has 0 fully saturated rings. The Morgan fingerprint density at radius 1 is 0.615 bits per heavy atom. The summed E-state index contributed by atoms with van der Waals surface area (Å²) in [7, 11) is 0. The molecule has 0 saturated carbocycles. The number of hydrogen-bond donors (Lipinski definition) is 1. The zero-order chi connectivity index (χ0) is 18.4. The first-order valence-electron chi connectivity index (χ1n) is 8.64. The largest absolute Gasteiger partial charge is 0.355 e. The SMILES string of the molecule is Cc1ccc(Nc2cccc3c2C(=O)c2ccccc2C3=O)c(C)c1C. The number of nitrogens with one attached hydrogen (secondary N) is 1. The minimum absolute atomic E-state index is 0.101. The maximum absolute atomic E-state index is 13.1. The third-order valence-electron chi connectivity index (χ3n) is 5.28. The summed E-state index contributed by atoms with van der Waals surface area (Å²) in [5.41, 5.74) is 7.05. The van der Waals surface area contributed by atoms with Gasteiger partial charge in [-0.05, 0) is 49.6 Å². The van der Waals surface area contributed by atoms with E-state index in [9.17, 15) is 9.59 Å². The molecule has 1 N–H and O–H groups in total. The smallest absolute Gasteiger partial charge is 0.196 e. The van der Waals surface area contributed by atoms with Gasteiger partial charge < -0.3 is 5.32 Å². The molecule has 0 unspecified atom stereocenters. The van der Waals surface area contributed by atoms with E-state index in [1.807, 2.05) is 18.2 Å². The Morgan fingerprint density at radius 3 is 2.00 bits per heavy atom. The molecule has 0 saturated heterocycles. The molecule has 3 nitrogen and oxygen atoms in total. The third-order valence-corrected chi connectivity index (χ3v) is 5.28. The third kappa shape index (κ3) is 2.36. The van der Waals surface area contributed by atoms with Crippen LogP contribution in [-0.4, -0.2) is 11.6 Å². The van der Waals surface area contributed by atoms with Gasteiger partial charge in [0, 0.05) is 22.4 Å². The summed E-state index contributed by atoms with van der Waals surface area (Å²) < 4.78 is 0. The van der Waals surface area contributed by atoms with Crippen molar-refractivity contribution >= 4 is 22.9 Å². The van der Waals surface area contributed by atoms with Gasteiger partial charge in [0.05, 0.1) is 11.3 Å². The molecule has 128 valence electrons.